The number of hydrogen-bond acceptors (Lipinski definition) is 8. The van der Waals surface area contributed by atoms with Gasteiger partial charge in [0.25, 0.3) is 0 Å². The van der Waals surface area contributed by atoms with Crippen molar-refractivity contribution in [2.45, 2.75) is 18.8 Å². The molecule has 0 aliphatic carbocycles. The number of carboxylic acid groups (broad SMARTS) is 1. The third-order valence-corrected chi connectivity index (χ3v) is 4.72. The van der Waals surface area contributed by atoms with Crippen LogP contribution in [0.1, 0.15) is 6.42 Å². The molecule has 1 amide bonds. The summed E-state index contributed by atoms with van der Waals surface area (Å²) in [5.74, 6) is 0.302. The van der Waals surface area contributed by atoms with Gasteiger partial charge in [0, 0.05) is 48.8 Å². The fourth-order valence-electron chi connectivity index (χ4n) is 3.26. The minimum absolute atomic E-state index is 0.0643. The minimum Gasteiger partial charge on any atom is -0.465 e. The van der Waals surface area contributed by atoms with Gasteiger partial charge in [0.05, 0.1) is 18.1 Å². The summed E-state index contributed by atoms with van der Waals surface area (Å²) in [5.41, 5.74) is 1.40. The summed E-state index contributed by atoms with van der Waals surface area (Å²) in [6.07, 6.45) is 1.00. The zero-order chi connectivity index (χ0) is 23.4. The Hall–Kier alpha value is -4.16. The number of ether oxygens (including phenoxy) is 1. The van der Waals surface area contributed by atoms with Crippen LogP contribution >= 0.6 is 0 Å². The van der Waals surface area contributed by atoms with E-state index >= 15 is 0 Å². The predicted octanol–water partition coefficient (Wildman–Crippen LogP) is 3.74. The molecular weight excluding hydrogens is 443 g/mol. The molecule has 1 fully saturated rings. The molecule has 3 aromatic rings. The lowest BCUT2D eigenvalue weighted by Crippen LogP contribution is -2.30. The molecule has 3 heterocycles. The lowest BCUT2D eigenvalue weighted by Gasteiger charge is -2.14. The Balaban J connectivity index is 1.41. The normalized spacial score (nSPS) is 15.8. The van der Waals surface area contributed by atoms with E-state index in [-0.39, 0.29) is 17.7 Å². The third kappa shape index (κ3) is 5.96. The first-order chi connectivity index (χ1) is 15.7. The summed E-state index contributed by atoms with van der Waals surface area (Å²) in [6, 6.07) is 5.26. The van der Waals surface area contributed by atoms with E-state index in [1.165, 1.54) is 41.7 Å². The summed E-state index contributed by atoms with van der Waals surface area (Å²) in [4.78, 5) is 29.4. The molecule has 0 radical (unpaired) electrons. The van der Waals surface area contributed by atoms with Crippen molar-refractivity contribution < 1.29 is 27.8 Å². The highest BCUT2D eigenvalue weighted by atomic mass is 19.4. The van der Waals surface area contributed by atoms with E-state index in [4.69, 9.17) is 5.11 Å². The van der Waals surface area contributed by atoms with Crippen molar-refractivity contribution in [3.05, 3.63) is 49.1 Å². The summed E-state index contributed by atoms with van der Waals surface area (Å²) in [7, 11) is 0. The molecule has 1 saturated heterocycles. The van der Waals surface area contributed by atoms with Crippen molar-refractivity contribution in [2.24, 2.45) is 0 Å². The van der Waals surface area contributed by atoms with E-state index in [0.717, 1.165) is 0 Å². The number of alkyl halides is 3. The Morgan fingerprint density at radius 2 is 1.97 bits per heavy atom. The van der Waals surface area contributed by atoms with Gasteiger partial charge in [-0.3, -0.25) is 4.98 Å². The van der Waals surface area contributed by atoms with Crippen LogP contribution in [0.5, 0.6) is 5.75 Å². The first-order valence-corrected chi connectivity index (χ1v) is 9.77. The van der Waals surface area contributed by atoms with Crippen LogP contribution in [-0.2, 0) is 0 Å². The number of hydrogen-bond donors (Lipinski definition) is 3. The van der Waals surface area contributed by atoms with Gasteiger partial charge < -0.3 is 25.4 Å². The molecule has 0 spiro atoms. The highest BCUT2D eigenvalue weighted by molar-refractivity contribution is 5.65. The van der Waals surface area contributed by atoms with Crippen molar-refractivity contribution in [1.82, 2.24) is 24.8 Å². The number of nitrogens with zero attached hydrogens (tertiary/aromatic N) is 5. The maximum Gasteiger partial charge on any atom is 0.573 e. The maximum atomic E-state index is 12.4. The number of benzene rings is 1. The quantitative estimate of drug-likeness (QED) is 0.503. The molecule has 0 unspecified atom stereocenters. The zero-order valence-corrected chi connectivity index (χ0v) is 17.0. The molecule has 0 saturated carbocycles. The van der Waals surface area contributed by atoms with Gasteiger partial charge in [-0.1, -0.05) is 6.07 Å². The fourth-order valence-corrected chi connectivity index (χ4v) is 3.26. The van der Waals surface area contributed by atoms with Crippen LogP contribution in [0.4, 0.5) is 35.4 Å². The van der Waals surface area contributed by atoms with Crippen LogP contribution < -0.4 is 15.4 Å². The summed E-state index contributed by atoms with van der Waals surface area (Å²) in [6.45, 7) is 0.813. The van der Waals surface area contributed by atoms with E-state index in [0.29, 0.717) is 42.3 Å². The number of carbonyl (C=O) groups is 1. The Morgan fingerprint density at radius 1 is 1.18 bits per heavy atom. The van der Waals surface area contributed by atoms with Crippen molar-refractivity contribution in [3.63, 3.8) is 0 Å². The molecule has 10 nitrogen and oxygen atoms in total. The van der Waals surface area contributed by atoms with Crippen molar-refractivity contribution in [1.29, 1.82) is 0 Å². The molecule has 2 aromatic heterocycles. The molecule has 172 valence electrons. The second-order valence-electron chi connectivity index (χ2n) is 7.14. The number of nitrogens with one attached hydrogen (secondary N) is 2. The summed E-state index contributed by atoms with van der Waals surface area (Å²) >= 11 is 0. The number of rotatable bonds is 6. The number of aromatic nitrogens is 4. The van der Waals surface area contributed by atoms with E-state index < -0.39 is 12.5 Å². The lowest BCUT2D eigenvalue weighted by atomic mass is 10.2. The summed E-state index contributed by atoms with van der Waals surface area (Å²) < 4.78 is 41.1. The average molecular weight is 461 g/mol. The molecular formula is C20H18F3N7O3. The summed E-state index contributed by atoms with van der Waals surface area (Å²) in [5, 5.41) is 15.1. The van der Waals surface area contributed by atoms with Crippen LogP contribution in [-0.4, -0.2) is 61.5 Å². The molecule has 1 atom stereocenters. The fraction of sp³-hybridized carbons (Fsp3) is 0.250. The Kier molecular flexibility index (Phi) is 6.11. The van der Waals surface area contributed by atoms with Crippen molar-refractivity contribution >= 4 is 23.5 Å². The van der Waals surface area contributed by atoms with Gasteiger partial charge in [-0.25, -0.2) is 19.7 Å². The van der Waals surface area contributed by atoms with Gasteiger partial charge in [-0.2, -0.15) is 0 Å². The molecule has 13 heteroatoms. The van der Waals surface area contributed by atoms with Crippen LogP contribution in [0.15, 0.2) is 49.1 Å². The molecule has 4 rings (SSSR count). The highest BCUT2D eigenvalue weighted by Crippen LogP contribution is 2.26. The van der Waals surface area contributed by atoms with E-state index in [9.17, 15) is 18.0 Å². The van der Waals surface area contributed by atoms with Gasteiger partial charge in [0.1, 0.15) is 11.6 Å². The largest absolute Gasteiger partial charge is 0.573 e. The van der Waals surface area contributed by atoms with Gasteiger partial charge in [0.2, 0.25) is 5.95 Å². The van der Waals surface area contributed by atoms with E-state index in [2.05, 4.69) is 35.3 Å². The second kappa shape index (κ2) is 9.14. The molecule has 33 heavy (non-hydrogen) atoms. The van der Waals surface area contributed by atoms with Crippen LogP contribution in [0.3, 0.4) is 0 Å². The maximum absolute atomic E-state index is 12.4. The number of halogens is 3. The molecule has 1 aliphatic rings. The predicted molar refractivity (Wildman–Crippen MR) is 111 cm³/mol. The molecule has 0 bridgehead atoms. The third-order valence-electron chi connectivity index (χ3n) is 4.72. The molecule has 3 N–H and O–H groups in total. The lowest BCUT2D eigenvalue weighted by molar-refractivity contribution is -0.274. The van der Waals surface area contributed by atoms with Crippen LogP contribution in [0, 0.1) is 0 Å². The smallest absolute Gasteiger partial charge is 0.465 e. The molecule has 1 aromatic carbocycles. The monoisotopic (exact) mass is 461 g/mol. The molecule has 1 aliphatic heterocycles. The van der Waals surface area contributed by atoms with Crippen LogP contribution in [0.25, 0.3) is 11.3 Å². The van der Waals surface area contributed by atoms with Gasteiger partial charge in [-0.05, 0) is 18.6 Å². The Bertz CT molecular complexity index is 1130. The standard InChI is InChI=1S/C20H18F3N7O3/c21-20(22,23)33-15-3-1-2-13(6-15)28-18-25-7-12(8-26-18)16-9-24-10-17(29-16)27-14-4-5-30(11-14)19(31)32/h1-3,6-10,14H,4-5,11H2,(H,27,29)(H,31,32)(H,25,26,28)/t14-/m0/s1. The first kappa shape index (κ1) is 22.0. The Labute approximate surface area is 185 Å². The Morgan fingerprint density at radius 3 is 2.67 bits per heavy atom. The highest BCUT2D eigenvalue weighted by Gasteiger charge is 2.31. The van der Waals surface area contributed by atoms with Crippen molar-refractivity contribution in [3.8, 4) is 17.0 Å². The topological polar surface area (TPSA) is 125 Å². The first-order valence-electron chi connectivity index (χ1n) is 9.77. The van der Waals surface area contributed by atoms with Crippen LogP contribution in [0.2, 0.25) is 0 Å². The second-order valence-corrected chi connectivity index (χ2v) is 7.14. The SMILES string of the molecule is O=C(O)N1CC[C@H](Nc2cncc(-c3cnc(Nc4cccc(OC(F)(F)F)c4)nc3)n2)C1. The number of amides is 1. The minimum atomic E-state index is -4.78. The van der Waals surface area contributed by atoms with Gasteiger partial charge in [0.15, 0.2) is 0 Å². The zero-order valence-electron chi connectivity index (χ0n) is 17.0. The number of anilines is 3. The number of likely N-dealkylation sites (tertiary alicyclic amines) is 1. The van der Waals surface area contributed by atoms with Gasteiger partial charge >= 0.3 is 12.5 Å². The average Bonchev–Trinajstić information content (AvgIpc) is 3.22. The van der Waals surface area contributed by atoms with Crippen molar-refractivity contribution in [2.75, 3.05) is 23.7 Å². The van der Waals surface area contributed by atoms with E-state index in [1.807, 2.05) is 0 Å². The van der Waals surface area contributed by atoms with Gasteiger partial charge in [-0.15, -0.1) is 13.2 Å². The van der Waals surface area contributed by atoms with E-state index in [1.54, 1.807) is 12.3 Å².